The maximum absolute atomic E-state index is 10.7. The van der Waals surface area contributed by atoms with E-state index >= 15 is 0 Å². The van der Waals surface area contributed by atoms with Crippen molar-refractivity contribution in [3.8, 4) is 0 Å². The van der Waals surface area contributed by atoms with Crippen LogP contribution in [0.15, 0.2) is 30.3 Å². The number of hydrogen-bond acceptors (Lipinski definition) is 4. The van der Waals surface area contributed by atoms with Gasteiger partial charge in [-0.05, 0) is 5.56 Å². The summed E-state index contributed by atoms with van der Waals surface area (Å²) < 4.78 is 10.4. The van der Waals surface area contributed by atoms with E-state index in [0.29, 0.717) is 19.0 Å². The lowest BCUT2D eigenvalue weighted by Gasteiger charge is -2.14. The van der Waals surface area contributed by atoms with E-state index in [4.69, 9.17) is 9.47 Å². The monoisotopic (exact) mass is 240 g/mol. The van der Waals surface area contributed by atoms with Crippen LogP contribution in [0, 0.1) is 0 Å². The van der Waals surface area contributed by atoms with Crippen molar-refractivity contribution in [3.05, 3.63) is 35.9 Å². The number of hydrogen-bond donors (Lipinski definition) is 1. The van der Waals surface area contributed by atoms with E-state index in [1.54, 1.807) is 0 Å². The minimum absolute atomic E-state index is 0.274. The van der Waals surface area contributed by atoms with Crippen LogP contribution < -0.4 is 0 Å². The summed E-state index contributed by atoms with van der Waals surface area (Å²) in [6, 6.07) is 9.85. The third-order valence-electron chi connectivity index (χ3n) is 1.95. The van der Waals surface area contributed by atoms with Gasteiger partial charge in [-0.2, -0.15) is 12.6 Å². The number of rotatable bonds is 6. The molecule has 0 radical (unpaired) electrons. The minimum atomic E-state index is -0.303. The Morgan fingerprint density at radius 2 is 2.06 bits per heavy atom. The molecule has 0 saturated heterocycles. The predicted molar refractivity (Wildman–Crippen MR) is 65.5 cm³/mol. The maximum Gasteiger partial charge on any atom is 0.303 e. The number of thiol groups is 1. The highest BCUT2D eigenvalue weighted by atomic mass is 32.1. The van der Waals surface area contributed by atoms with Crippen LogP contribution in [0.5, 0.6) is 0 Å². The second-order valence-corrected chi connectivity index (χ2v) is 3.78. The number of carbonyl (C=O) groups is 1. The van der Waals surface area contributed by atoms with Crippen molar-refractivity contribution in [2.75, 3.05) is 12.4 Å². The van der Waals surface area contributed by atoms with Crippen molar-refractivity contribution in [2.24, 2.45) is 0 Å². The first kappa shape index (κ1) is 13.1. The van der Waals surface area contributed by atoms with E-state index in [-0.39, 0.29) is 12.1 Å². The van der Waals surface area contributed by atoms with Crippen molar-refractivity contribution < 1.29 is 14.3 Å². The summed E-state index contributed by atoms with van der Waals surface area (Å²) in [4.78, 5) is 10.7. The van der Waals surface area contributed by atoms with Gasteiger partial charge < -0.3 is 9.47 Å². The number of esters is 1. The van der Waals surface area contributed by atoms with Gasteiger partial charge in [-0.25, -0.2) is 0 Å². The zero-order valence-corrected chi connectivity index (χ0v) is 10.2. The van der Waals surface area contributed by atoms with Gasteiger partial charge in [-0.15, -0.1) is 0 Å². The summed E-state index contributed by atoms with van der Waals surface area (Å²) >= 11 is 4.09. The van der Waals surface area contributed by atoms with E-state index < -0.39 is 0 Å². The number of benzene rings is 1. The number of ether oxygens (including phenoxy) is 2. The first-order chi connectivity index (χ1) is 7.72. The molecule has 0 aliphatic rings. The standard InChI is InChI=1S/C12H16O3S/c1-10(13)15-12(9-16)8-14-7-11-5-3-2-4-6-11/h2-6,12,16H,7-9H2,1H3. The molecule has 1 atom stereocenters. The molecule has 1 aromatic carbocycles. The Morgan fingerprint density at radius 3 is 2.62 bits per heavy atom. The fourth-order valence-corrected chi connectivity index (χ4v) is 1.42. The average molecular weight is 240 g/mol. The second kappa shape index (κ2) is 7.30. The number of carbonyl (C=O) groups excluding carboxylic acids is 1. The molecular formula is C12H16O3S. The predicted octanol–water partition coefficient (Wildman–Crippen LogP) is 2.06. The summed E-state index contributed by atoms with van der Waals surface area (Å²) in [6.45, 7) is 2.28. The molecule has 0 heterocycles. The molecule has 1 unspecified atom stereocenters. The van der Waals surface area contributed by atoms with Crippen LogP contribution in [0.3, 0.4) is 0 Å². The van der Waals surface area contributed by atoms with Crippen LogP contribution in [0.25, 0.3) is 0 Å². The Hall–Kier alpha value is -1.00. The van der Waals surface area contributed by atoms with Crippen LogP contribution >= 0.6 is 12.6 Å². The first-order valence-corrected chi connectivity index (χ1v) is 5.75. The molecule has 16 heavy (non-hydrogen) atoms. The molecule has 0 aromatic heterocycles. The van der Waals surface area contributed by atoms with Crippen molar-refractivity contribution in [2.45, 2.75) is 19.6 Å². The Kier molecular flexibility index (Phi) is 5.96. The van der Waals surface area contributed by atoms with Crippen molar-refractivity contribution in [3.63, 3.8) is 0 Å². The highest BCUT2D eigenvalue weighted by Gasteiger charge is 2.09. The van der Waals surface area contributed by atoms with Gasteiger partial charge in [0.1, 0.15) is 6.10 Å². The molecule has 0 aliphatic heterocycles. The molecule has 1 rings (SSSR count). The fraction of sp³-hybridized carbons (Fsp3) is 0.417. The van der Waals surface area contributed by atoms with Gasteiger partial charge in [0.05, 0.1) is 13.2 Å². The molecule has 0 saturated carbocycles. The van der Waals surface area contributed by atoms with Crippen LogP contribution in [-0.4, -0.2) is 24.4 Å². The third kappa shape index (κ3) is 5.19. The zero-order valence-electron chi connectivity index (χ0n) is 9.26. The Labute approximate surface area is 101 Å². The molecule has 0 aliphatic carbocycles. The van der Waals surface area contributed by atoms with Gasteiger partial charge in [0.15, 0.2) is 0 Å². The first-order valence-electron chi connectivity index (χ1n) is 5.12. The van der Waals surface area contributed by atoms with Gasteiger partial charge in [-0.3, -0.25) is 4.79 Å². The third-order valence-corrected chi connectivity index (χ3v) is 2.36. The van der Waals surface area contributed by atoms with E-state index in [0.717, 1.165) is 5.56 Å². The Morgan fingerprint density at radius 1 is 1.38 bits per heavy atom. The highest BCUT2D eigenvalue weighted by Crippen LogP contribution is 2.03. The van der Waals surface area contributed by atoms with E-state index in [9.17, 15) is 4.79 Å². The summed E-state index contributed by atoms with van der Waals surface area (Å²) in [5.74, 6) is 0.163. The fourth-order valence-electron chi connectivity index (χ4n) is 1.24. The molecule has 0 spiro atoms. The summed E-state index contributed by atoms with van der Waals surface area (Å²) in [7, 11) is 0. The molecule has 1 aromatic rings. The highest BCUT2D eigenvalue weighted by molar-refractivity contribution is 7.80. The molecule has 88 valence electrons. The van der Waals surface area contributed by atoms with Crippen molar-refractivity contribution >= 4 is 18.6 Å². The smallest absolute Gasteiger partial charge is 0.303 e. The van der Waals surface area contributed by atoms with Gasteiger partial charge >= 0.3 is 5.97 Å². The quantitative estimate of drug-likeness (QED) is 0.610. The largest absolute Gasteiger partial charge is 0.459 e. The summed E-state index contributed by atoms with van der Waals surface area (Å²) in [6.07, 6.45) is -0.274. The minimum Gasteiger partial charge on any atom is -0.459 e. The van der Waals surface area contributed by atoms with Gasteiger partial charge in [0.25, 0.3) is 0 Å². The van der Waals surface area contributed by atoms with Gasteiger partial charge in [0.2, 0.25) is 0 Å². The van der Waals surface area contributed by atoms with Crippen LogP contribution in [0.2, 0.25) is 0 Å². The second-order valence-electron chi connectivity index (χ2n) is 3.41. The van der Waals surface area contributed by atoms with Crippen LogP contribution in [0.1, 0.15) is 12.5 Å². The van der Waals surface area contributed by atoms with E-state index in [1.807, 2.05) is 30.3 Å². The molecule has 0 fully saturated rings. The topological polar surface area (TPSA) is 35.5 Å². The summed E-state index contributed by atoms with van der Waals surface area (Å²) in [5.41, 5.74) is 1.10. The molecule has 0 bridgehead atoms. The lowest BCUT2D eigenvalue weighted by Crippen LogP contribution is -2.23. The molecule has 4 heteroatoms. The Balaban J connectivity index is 2.26. The molecule has 0 N–H and O–H groups in total. The average Bonchev–Trinajstić information content (AvgIpc) is 2.28. The van der Waals surface area contributed by atoms with E-state index in [1.165, 1.54) is 6.92 Å². The maximum atomic E-state index is 10.7. The van der Waals surface area contributed by atoms with Crippen molar-refractivity contribution in [1.29, 1.82) is 0 Å². The molecular weight excluding hydrogens is 224 g/mol. The molecule has 3 nitrogen and oxygen atoms in total. The molecule has 0 amide bonds. The van der Waals surface area contributed by atoms with Crippen LogP contribution in [0.4, 0.5) is 0 Å². The van der Waals surface area contributed by atoms with E-state index in [2.05, 4.69) is 12.6 Å². The normalized spacial score (nSPS) is 12.1. The van der Waals surface area contributed by atoms with Crippen LogP contribution in [-0.2, 0) is 20.9 Å². The summed E-state index contributed by atoms with van der Waals surface area (Å²) in [5, 5.41) is 0. The van der Waals surface area contributed by atoms with Crippen molar-refractivity contribution in [1.82, 2.24) is 0 Å². The zero-order chi connectivity index (χ0) is 11.8. The van der Waals surface area contributed by atoms with Gasteiger partial charge in [0, 0.05) is 12.7 Å². The van der Waals surface area contributed by atoms with Gasteiger partial charge in [-0.1, -0.05) is 30.3 Å². The lowest BCUT2D eigenvalue weighted by atomic mass is 10.2. The Bertz CT molecular complexity index is 313. The SMILES string of the molecule is CC(=O)OC(CS)COCc1ccccc1. The lowest BCUT2D eigenvalue weighted by molar-refractivity contribution is -0.148.